The van der Waals surface area contributed by atoms with Crippen LogP contribution in [0.3, 0.4) is 0 Å². The predicted molar refractivity (Wildman–Crippen MR) is 102 cm³/mol. The van der Waals surface area contributed by atoms with Crippen molar-refractivity contribution in [2.45, 2.75) is 17.4 Å². The summed E-state index contributed by atoms with van der Waals surface area (Å²) in [7, 11) is -3.72. The summed E-state index contributed by atoms with van der Waals surface area (Å²) in [6.07, 6.45) is 0.664. The number of thiophene rings is 1. The van der Waals surface area contributed by atoms with Crippen LogP contribution in [0.1, 0.15) is 22.0 Å². The molecule has 3 aromatic rings. The van der Waals surface area contributed by atoms with E-state index in [1.54, 1.807) is 35.6 Å². The zero-order valence-corrected chi connectivity index (χ0v) is 16.0. The second kappa shape index (κ2) is 6.78. The Morgan fingerprint density at radius 2 is 1.73 bits per heavy atom. The van der Waals surface area contributed by atoms with Gasteiger partial charge >= 0.3 is 0 Å². The van der Waals surface area contributed by atoms with Crippen LogP contribution in [0.25, 0.3) is 0 Å². The minimum Gasteiger partial charge on any atom is -0.207 e. The normalized spacial score (nSPS) is 17.8. The molecule has 1 atom stereocenters. The molecule has 1 aliphatic heterocycles. The van der Waals surface area contributed by atoms with Crippen molar-refractivity contribution in [3.8, 4) is 0 Å². The smallest absolute Gasteiger partial charge is 0.207 e. The monoisotopic (exact) mass is 407 g/mol. The Labute approximate surface area is 160 Å². The van der Waals surface area contributed by atoms with Gasteiger partial charge in [-0.05, 0) is 65.4 Å². The number of hydrogen-bond acceptors (Lipinski definition) is 3. The van der Waals surface area contributed by atoms with Crippen LogP contribution >= 0.6 is 22.9 Å². The van der Waals surface area contributed by atoms with E-state index in [0.717, 1.165) is 11.1 Å². The van der Waals surface area contributed by atoms with Crippen molar-refractivity contribution < 1.29 is 12.8 Å². The van der Waals surface area contributed by atoms with Gasteiger partial charge in [-0.1, -0.05) is 23.7 Å². The summed E-state index contributed by atoms with van der Waals surface area (Å²) >= 11 is 7.52. The largest absolute Gasteiger partial charge is 0.243 e. The molecule has 2 heterocycles. The van der Waals surface area contributed by atoms with Crippen LogP contribution in [-0.2, 0) is 16.4 Å². The van der Waals surface area contributed by atoms with Crippen molar-refractivity contribution in [3.63, 3.8) is 0 Å². The van der Waals surface area contributed by atoms with Crippen molar-refractivity contribution in [1.29, 1.82) is 0 Å². The van der Waals surface area contributed by atoms with Crippen LogP contribution in [0.4, 0.5) is 4.39 Å². The first-order valence-corrected chi connectivity index (χ1v) is 10.8. The predicted octanol–water partition coefficient (Wildman–Crippen LogP) is 4.88. The standard InChI is InChI=1S/C19H15ClFNO2S2/c20-14-3-7-16(8-4-14)26(23,24)22-11-9-18-17(10-12-25-18)19(22)13-1-5-15(21)6-2-13/h1-8,10,12,19H,9,11H2. The summed E-state index contributed by atoms with van der Waals surface area (Å²) in [6, 6.07) is 13.7. The first-order valence-electron chi connectivity index (χ1n) is 8.06. The van der Waals surface area contributed by atoms with Crippen LogP contribution in [0.15, 0.2) is 64.9 Å². The SMILES string of the molecule is O=S(=O)(c1ccc(Cl)cc1)N1CCc2sccc2C1c1ccc(F)cc1. The molecule has 0 fully saturated rings. The number of fused-ring (bicyclic) bond motifs is 1. The van der Waals surface area contributed by atoms with Gasteiger partial charge in [0.15, 0.2) is 0 Å². The molecule has 0 aliphatic carbocycles. The lowest BCUT2D eigenvalue weighted by Gasteiger charge is -2.35. The van der Waals surface area contributed by atoms with Gasteiger partial charge < -0.3 is 0 Å². The lowest BCUT2D eigenvalue weighted by Crippen LogP contribution is -2.40. The molecule has 0 N–H and O–H groups in total. The van der Waals surface area contributed by atoms with Gasteiger partial charge in [-0.3, -0.25) is 0 Å². The molecular formula is C19H15ClFNO2S2. The highest BCUT2D eigenvalue weighted by molar-refractivity contribution is 7.89. The average molecular weight is 408 g/mol. The molecular weight excluding hydrogens is 393 g/mol. The molecule has 7 heteroatoms. The van der Waals surface area contributed by atoms with E-state index in [1.807, 2.05) is 11.4 Å². The Hall–Kier alpha value is -1.73. The van der Waals surface area contributed by atoms with Gasteiger partial charge in [0, 0.05) is 16.4 Å². The van der Waals surface area contributed by atoms with Crippen LogP contribution < -0.4 is 0 Å². The molecule has 0 saturated carbocycles. The summed E-state index contributed by atoms with van der Waals surface area (Å²) in [4.78, 5) is 1.37. The van der Waals surface area contributed by atoms with E-state index in [0.29, 0.717) is 18.0 Å². The van der Waals surface area contributed by atoms with E-state index in [4.69, 9.17) is 11.6 Å². The van der Waals surface area contributed by atoms with E-state index in [1.165, 1.54) is 33.4 Å². The van der Waals surface area contributed by atoms with Gasteiger partial charge in [-0.15, -0.1) is 11.3 Å². The van der Waals surface area contributed by atoms with Crippen molar-refractivity contribution in [1.82, 2.24) is 4.31 Å². The average Bonchev–Trinajstić information content (AvgIpc) is 3.11. The topological polar surface area (TPSA) is 37.4 Å². The molecule has 134 valence electrons. The zero-order chi connectivity index (χ0) is 18.3. The summed E-state index contributed by atoms with van der Waals surface area (Å²) in [5, 5.41) is 2.46. The molecule has 4 rings (SSSR count). The third-order valence-corrected chi connectivity index (χ3v) is 7.65. The Kier molecular flexibility index (Phi) is 4.61. The maximum Gasteiger partial charge on any atom is 0.243 e. The molecule has 3 nitrogen and oxygen atoms in total. The number of rotatable bonds is 3. The van der Waals surface area contributed by atoms with E-state index < -0.39 is 16.1 Å². The summed E-state index contributed by atoms with van der Waals surface area (Å²) in [6.45, 7) is 0.376. The molecule has 1 aromatic heterocycles. The molecule has 0 amide bonds. The number of sulfonamides is 1. The summed E-state index contributed by atoms with van der Waals surface area (Å²) in [5.74, 6) is -0.345. The van der Waals surface area contributed by atoms with Gasteiger partial charge in [0.1, 0.15) is 5.82 Å². The summed E-state index contributed by atoms with van der Waals surface area (Å²) < 4.78 is 41.5. The maximum atomic E-state index is 13.4. The molecule has 1 unspecified atom stereocenters. The molecule has 0 saturated heterocycles. The van der Waals surface area contributed by atoms with Crippen LogP contribution in [0.2, 0.25) is 5.02 Å². The minimum absolute atomic E-state index is 0.202. The number of hydrogen-bond donors (Lipinski definition) is 0. The third-order valence-electron chi connectivity index (χ3n) is 4.53. The highest BCUT2D eigenvalue weighted by Gasteiger charge is 2.37. The number of nitrogens with zero attached hydrogens (tertiary/aromatic N) is 1. The van der Waals surface area contributed by atoms with E-state index >= 15 is 0 Å². The number of halogens is 2. The third kappa shape index (κ3) is 3.07. The van der Waals surface area contributed by atoms with Gasteiger partial charge in [0.25, 0.3) is 0 Å². The second-order valence-corrected chi connectivity index (χ2v) is 9.40. The first-order chi connectivity index (χ1) is 12.5. The van der Waals surface area contributed by atoms with Crippen molar-refractivity contribution in [2.75, 3.05) is 6.54 Å². The van der Waals surface area contributed by atoms with Crippen LogP contribution in [0, 0.1) is 5.82 Å². The fourth-order valence-corrected chi connectivity index (χ4v) is 5.91. The molecule has 0 spiro atoms. The Bertz CT molecular complexity index is 1030. The van der Waals surface area contributed by atoms with Crippen LogP contribution in [-0.4, -0.2) is 19.3 Å². The highest BCUT2D eigenvalue weighted by Crippen LogP contribution is 2.40. The second-order valence-electron chi connectivity index (χ2n) is 6.07. The van der Waals surface area contributed by atoms with Gasteiger partial charge in [-0.25, -0.2) is 12.8 Å². The zero-order valence-electron chi connectivity index (χ0n) is 13.6. The van der Waals surface area contributed by atoms with Gasteiger partial charge in [0.05, 0.1) is 10.9 Å². The summed E-state index contributed by atoms with van der Waals surface area (Å²) in [5.41, 5.74) is 1.72. The fraction of sp³-hybridized carbons (Fsp3) is 0.158. The van der Waals surface area contributed by atoms with E-state index in [-0.39, 0.29) is 10.7 Å². The van der Waals surface area contributed by atoms with Gasteiger partial charge in [-0.2, -0.15) is 4.31 Å². The van der Waals surface area contributed by atoms with Crippen molar-refractivity contribution in [2.24, 2.45) is 0 Å². The molecule has 2 aromatic carbocycles. The number of benzene rings is 2. The highest BCUT2D eigenvalue weighted by atomic mass is 35.5. The van der Waals surface area contributed by atoms with E-state index in [2.05, 4.69) is 0 Å². The van der Waals surface area contributed by atoms with Crippen molar-refractivity contribution in [3.05, 3.63) is 86.8 Å². The van der Waals surface area contributed by atoms with E-state index in [9.17, 15) is 12.8 Å². The molecule has 1 aliphatic rings. The molecule has 0 bridgehead atoms. The van der Waals surface area contributed by atoms with Gasteiger partial charge in [0.2, 0.25) is 10.0 Å². The lowest BCUT2D eigenvalue weighted by atomic mass is 9.95. The van der Waals surface area contributed by atoms with Crippen molar-refractivity contribution >= 4 is 33.0 Å². The van der Waals surface area contributed by atoms with Crippen LogP contribution in [0.5, 0.6) is 0 Å². The Morgan fingerprint density at radius 3 is 2.42 bits per heavy atom. The quantitative estimate of drug-likeness (QED) is 0.620. The Morgan fingerprint density at radius 1 is 1.04 bits per heavy atom. The molecule has 0 radical (unpaired) electrons. The fourth-order valence-electron chi connectivity index (χ4n) is 3.29. The minimum atomic E-state index is -3.72. The maximum absolute atomic E-state index is 13.4. The Balaban J connectivity index is 1.83. The lowest BCUT2D eigenvalue weighted by molar-refractivity contribution is 0.346. The molecule has 26 heavy (non-hydrogen) atoms. The first kappa shape index (κ1) is 17.7.